The summed E-state index contributed by atoms with van der Waals surface area (Å²) in [6, 6.07) is 1.97. The maximum atomic E-state index is 5.57. The van der Waals surface area contributed by atoms with Gasteiger partial charge in [-0.05, 0) is 40.6 Å². The van der Waals surface area contributed by atoms with E-state index >= 15 is 0 Å². The van der Waals surface area contributed by atoms with Crippen molar-refractivity contribution in [3.8, 4) is 0 Å². The number of anilines is 1. The molecule has 14 heavy (non-hydrogen) atoms. The van der Waals surface area contributed by atoms with Crippen LogP contribution in [0.5, 0.6) is 0 Å². The Labute approximate surface area is 96.0 Å². The number of hydrogen-bond acceptors (Lipinski definition) is 4. The van der Waals surface area contributed by atoms with Crippen LogP contribution in [0.4, 0.5) is 5.82 Å². The molecule has 1 atom stereocenters. The van der Waals surface area contributed by atoms with Gasteiger partial charge >= 0.3 is 0 Å². The van der Waals surface area contributed by atoms with Gasteiger partial charge in [0.25, 0.3) is 0 Å². The lowest BCUT2D eigenvalue weighted by atomic mass is 10.1. The van der Waals surface area contributed by atoms with Gasteiger partial charge in [-0.25, -0.2) is 0 Å². The molecule has 1 saturated heterocycles. The molecule has 0 aromatic carbocycles. The summed E-state index contributed by atoms with van der Waals surface area (Å²) in [5.74, 6) is 1.75. The largest absolute Gasteiger partial charge is 0.381 e. The number of nitrogens with two attached hydrogens (primary N) is 1. The predicted octanol–water partition coefficient (Wildman–Crippen LogP) is 2.26. The highest BCUT2D eigenvalue weighted by Crippen LogP contribution is 2.29. The molecule has 0 bridgehead atoms. The zero-order valence-corrected chi connectivity index (χ0v) is 10.1. The van der Waals surface area contributed by atoms with E-state index in [1.165, 1.54) is 18.6 Å². The van der Waals surface area contributed by atoms with Crippen LogP contribution < -0.4 is 5.73 Å². The first kappa shape index (κ1) is 10.2. The van der Waals surface area contributed by atoms with Gasteiger partial charge in [0.2, 0.25) is 0 Å². The minimum absolute atomic E-state index is 0.466. The predicted molar refractivity (Wildman–Crippen MR) is 63.3 cm³/mol. The van der Waals surface area contributed by atoms with E-state index in [0.29, 0.717) is 5.82 Å². The molecule has 76 valence electrons. The van der Waals surface area contributed by atoms with Crippen LogP contribution in [0.1, 0.15) is 18.5 Å². The summed E-state index contributed by atoms with van der Waals surface area (Å²) in [6.07, 6.45) is 3.64. The molecule has 1 aromatic rings. The molecule has 0 spiro atoms. The second kappa shape index (κ2) is 4.49. The molecule has 0 aliphatic carbocycles. The molecule has 1 aromatic heterocycles. The zero-order chi connectivity index (χ0) is 9.97. The normalized spacial score (nSPS) is 21.4. The molecule has 3 nitrogen and oxygen atoms in total. The summed E-state index contributed by atoms with van der Waals surface area (Å²) >= 11 is 5.39. The van der Waals surface area contributed by atoms with Gasteiger partial charge in [-0.1, -0.05) is 0 Å². The fraction of sp³-hybridized carbons (Fsp3) is 0.556. The third kappa shape index (κ3) is 2.39. The van der Waals surface area contributed by atoms with Crippen LogP contribution in [-0.2, 0) is 6.42 Å². The lowest BCUT2D eigenvalue weighted by Gasteiger charge is -2.07. The van der Waals surface area contributed by atoms with Crippen LogP contribution in [0.3, 0.4) is 0 Å². The Morgan fingerprint density at radius 2 is 2.43 bits per heavy atom. The molecule has 1 fully saturated rings. The van der Waals surface area contributed by atoms with E-state index in [1.807, 2.05) is 17.8 Å². The summed E-state index contributed by atoms with van der Waals surface area (Å²) in [7, 11) is 0. The number of thioether (sulfide) groups is 1. The van der Waals surface area contributed by atoms with Crippen LogP contribution in [0.2, 0.25) is 0 Å². The highest BCUT2D eigenvalue weighted by Gasteiger charge is 2.17. The highest BCUT2D eigenvalue weighted by atomic mass is 79.9. The minimum Gasteiger partial charge on any atom is -0.381 e. The van der Waals surface area contributed by atoms with E-state index in [4.69, 9.17) is 5.73 Å². The molecule has 1 aliphatic heterocycles. The van der Waals surface area contributed by atoms with Crippen molar-refractivity contribution in [1.29, 1.82) is 0 Å². The summed E-state index contributed by atoms with van der Waals surface area (Å²) in [6.45, 7) is 0. The maximum Gasteiger partial charge on any atom is 0.160 e. The summed E-state index contributed by atoms with van der Waals surface area (Å²) < 4.78 is 0.852. The zero-order valence-electron chi connectivity index (χ0n) is 7.74. The molecule has 0 amide bonds. The Morgan fingerprint density at radius 3 is 3.07 bits per heavy atom. The maximum absolute atomic E-state index is 5.57. The molecule has 5 heteroatoms. The highest BCUT2D eigenvalue weighted by molar-refractivity contribution is 9.10. The van der Waals surface area contributed by atoms with Gasteiger partial charge in [0, 0.05) is 11.7 Å². The van der Waals surface area contributed by atoms with Crippen LogP contribution in [0, 0.1) is 0 Å². The molecule has 1 aliphatic rings. The third-order valence-electron chi connectivity index (χ3n) is 2.29. The fourth-order valence-electron chi connectivity index (χ4n) is 1.55. The lowest BCUT2D eigenvalue weighted by molar-refractivity contribution is 0.751. The molecule has 2 N–H and O–H groups in total. The first-order valence-corrected chi connectivity index (χ1v) is 6.49. The molecular formula is C9H12BrN3S. The SMILES string of the molecule is Nc1nnc(CC2CCCS2)cc1Br. The van der Waals surface area contributed by atoms with E-state index in [1.54, 1.807) is 0 Å². The molecule has 0 saturated carbocycles. The number of hydrogen-bond donors (Lipinski definition) is 1. The van der Waals surface area contributed by atoms with E-state index in [9.17, 15) is 0 Å². The van der Waals surface area contributed by atoms with Crippen molar-refractivity contribution in [3.63, 3.8) is 0 Å². The smallest absolute Gasteiger partial charge is 0.160 e. The third-order valence-corrected chi connectivity index (χ3v) is 4.32. The average Bonchev–Trinajstić information content (AvgIpc) is 2.64. The summed E-state index contributed by atoms with van der Waals surface area (Å²) in [5, 5.41) is 8.70. The Kier molecular flexibility index (Phi) is 3.28. The van der Waals surface area contributed by atoms with Gasteiger partial charge in [-0.2, -0.15) is 16.9 Å². The Balaban J connectivity index is 2.05. The van der Waals surface area contributed by atoms with Crippen molar-refractivity contribution in [2.75, 3.05) is 11.5 Å². The monoisotopic (exact) mass is 273 g/mol. The van der Waals surface area contributed by atoms with Crippen molar-refractivity contribution in [2.24, 2.45) is 0 Å². The molecule has 2 rings (SSSR count). The van der Waals surface area contributed by atoms with E-state index < -0.39 is 0 Å². The average molecular weight is 274 g/mol. The molecule has 1 unspecified atom stereocenters. The van der Waals surface area contributed by atoms with Crippen molar-refractivity contribution >= 4 is 33.5 Å². The number of rotatable bonds is 2. The van der Waals surface area contributed by atoms with Crippen molar-refractivity contribution in [3.05, 3.63) is 16.2 Å². The first-order valence-electron chi connectivity index (χ1n) is 4.65. The number of aromatic nitrogens is 2. The van der Waals surface area contributed by atoms with Gasteiger partial charge < -0.3 is 5.73 Å². The molecule has 2 heterocycles. The van der Waals surface area contributed by atoms with Gasteiger partial charge in [0.05, 0.1) is 10.2 Å². The second-order valence-corrected chi connectivity index (χ2v) is 5.67. The van der Waals surface area contributed by atoms with Crippen LogP contribution in [0.25, 0.3) is 0 Å². The van der Waals surface area contributed by atoms with E-state index in [-0.39, 0.29) is 0 Å². The molecule has 0 radical (unpaired) electrons. The van der Waals surface area contributed by atoms with Gasteiger partial charge in [0.1, 0.15) is 0 Å². The van der Waals surface area contributed by atoms with E-state index in [2.05, 4.69) is 26.1 Å². The Bertz CT molecular complexity index is 326. The fourth-order valence-corrected chi connectivity index (χ4v) is 3.19. The van der Waals surface area contributed by atoms with Crippen molar-refractivity contribution in [1.82, 2.24) is 10.2 Å². The summed E-state index contributed by atoms with van der Waals surface area (Å²) in [4.78, 5) is 0. The Morgan fingerprint density at radius 1 is 1.57 bits per heavy atom. The van der Waals surface area contributed by atoms with E-state index in [0.717, 1.165) is 21.8 Å². The second-order valence-electron chi connectivity index (χ2n) is 3.41. The van der Waals surface area contributed by atoms with Gasteiger partial charge in [-0.15, -0.1) is 5.10 Å². The van der Waals surface area contributed by atoms with Crippen LogP contribution in [-0.4, -0.2) is 21.2 Å². The number of nitrogen functional groups attached to an aromatic ring is 1. The lowest BCUT2D eigenvalue weighted by Crippen LogP contribution is -2.06. The molecular weight excluding hydrogens is 262 g/mol. The number of halogens is 1. The van der Waals surface area contributed by atoms with Gasteiger partial charge in [0.15, 0.2) is 5.82 Å². The number of nitrogens with zero attached hydrogens (tertiary/aromatic N) is 2. The quantitative estimate of drug-likeness (QED) is 0.898. The topological polar surface area (TPSA) is 51.8 Å². The van der Waals surface area contributed by atoms with Crippen molar-refractivity contribution in [2.45, 2.75) is 24.5 Å². The van der Waals surface area contributed by atoms with Gasteiger partial charge in [-0.3, -0.25) is 0 Å². The van der Waals surface area contributed by atoms with Crippen LogP contribution in [0.15, 0.2) is 10.5 Å². The Hall–Kier alpha value is -0.290. The summed E-state index contributed by atoms with van der Waals surface area (Å²) in [5.41, 5.74) is 6.60. The minimum atomic E-state index is 0.466. The first-order chi connectivity index (χ1) is 6.75. The standard InChI is InChI=1S/C9H12BrN3S/c10-8-5-6(12-13-9(8)11)4-7-2-1-3-14-7/h5,7H,1-4H2,(H2,11,13). The van der Waals surface area contributed by atoms with Crippen molar-refractivity contribution < 1.29 is 0 Å². The van der Waals surface area contributed by atoms with Crippen LogP contribution >= 0.6 is 27.7 Å².